The second-order valence-corrected chi connectivity index (χ2v) is 3.59. The SMILES string of the molecule is CCO/C(=N\N)C(Br)c1ccccc1. The molecule has 1 aromatic carbocycles. The van der Waals surface area contributed by atoms with Gasteiger partial charge in [-0.3, -0.25) is 0 Å². The van der Waals surface area contributed by atoms with Crippen LogP contribution in [0, 0.1) is 0 Å². The maximum atomic E-state index is 5.29. The molecule has 0 aliphatic rings. The summed E-state index contributed by atoms with van der Waals surface area (Å²) >= 11 is 3.48. The molecule has 76 valence electrons. The largest absolute Gasteiger partial charge is 0.479 e. The molecular formula is C10H13BrN2O. The van der Waals surface area contributed by atoms with Crippen LogP contribution >= 0.6 is 15.9 Å². The average molecular weight is 257 g/mol. The topological polar surface area (TPSA) is 47.6 Å². The van der Waals surface area contributed by atoms with E-state index in [0.717, 1.165) is 5.56 Å². The first-order valence-corrected chi connectivity index (χ1v) is 5.30. The lowest BCUT2D eigenvalue weighted by molar-refractivity contribution is 0.318. The van der Waals surface area contributed by atoms with E-state index in [2.05, 4.69) is 21.0 Å². The third kappa shape index (κ3) is 2.73. The number of hydrogen-bond acceptors (Lipinski definition) is 3. The number of nitrogens with two attached hydrogens (primary N) is 1. The number of halogens is 1. The lowest BCUT2D eigenvalue weighted by Crippen LogP contribution is -2.13. The Morgan fingerprint density at radius 1 is 1.50 bits per heavy atom. The Morgan fingerprint density at radius 3 is 2.64 bits per heavy atom. The maximum Gasteiger partial charge on any atom is 0.223 e. The van der Waals surface area contributed by atoms with E-state index in [1.54, 1.807) is 0 Å². The molecule has 2 N–H and O–H groups in total. The van der Waals surface area contributed by atoms with Crippen LogP contribution in [0.3, 0.4) is 0 Å². The standard InChI is InChI=1S/C10H13BrN2O/c1-2-14-10(13-12)9(11)8-6-4-3-5-7-8/h3-7,9H,2,12H2,1H3/b13-10-. The minimum atomic E-state index is -0.0753. The lowest BCUT2D eigenvalue weighted by Gasteiger charge is -2.12. The summed E-state index contributed by atoms with van der Waals surface area (Å²) in [6, 6.07) is 9.86. The summed E-state index contributed by atoms with van der Waals surface area (Å²) in [6.07, 6.45) is 0. The van der Waals surface area contributed by atoms with Crippen LogP contribution in [0.5, 0.6) is 0 Å². The van der Waals surface area contributed by atoms with Gasteiger partial charge in [-0.25, -0.2) is 0 Å². The predicted molar refractivity (Wildman–Crippen MR) is 61.4 cm³/mol. The van der Waals surface area contributed by atoms with Gasteiger partial charge in [-0.1, -0.05) is 46.3 Å². The van der Waals surface area contributed by atoms with Crippen molar-refractivity contribution in [2.75, 3.05) is 6.61 Å². The smallest absolute Gasteiger partial charge is 0.223 e. The fourth-order valence-electron chi connectivity index (χ4n) is 1.09. The van der Waals surface area contributed by atoms with Gasteiger partial charge in [0.2, 0.25) is 5.90 Å². The first-order chi connectivity index (χ1) is 6.79. The molecule has 0 saturated carbocycles. The molecule has 1 rings (SSSR count). The summed E-state index contributed by atoms with van der Waals surface area (Å²) in [4.78, 5) is -0.0753. The van der Waals surface area contributed by atoms with Gasteiger partial charge in [0, 0.05) is 0 Å². The normalized spacial score (nSPS) is 13.7. The molecule has 0 radical (unpaired) electrons. The minimum Gasteiger partial charge on any atom is -0.479 e. The maximum absolute atomic E-state index is 5.29. The highest BCUT2D eigenvalue weighted by atomic mass is 79.9. The van der Waals surface area contributed by atoms with Crippen LogP contribution in [0.15, 0.2) is 35.4 Å². The van der Waals surface area contributed by atoms with Gasteiger partial charge in [0.05, 0.1) is 6.61 Å². The highest BCUT2D eigenvalue weighted by Crippen LogP contribution is 2.24. The molecule has 0 amide bonds. The number of alkyl halides is 1. The molecular weight excluding hydrogens is 244 g/mol. The fraction of sp³-hybridized carbons (Fsp3) is 0.300. The molecule has 1 unspecified atom stereocenters. The van der Waals surface area contributed by atoms with Crippen molar-refractivity contribution in [3.8, 4) is 0 Å². The van der Waals surface area contributed by atoms with Crippen molar-refractivity contribution < 1.29 is 4.74 Å². The van der Waals surface area contributed by atoms with E-state index in [1.807, 2.05) is 37.3 Å². The van der Waals surface area contributed by atoms with E-state index in [4.69, 9.17) is 10.6 Å². The third-order valence-corrected chi connectivity index (χ3v) is 2.65. The van der Waals surface area contributed by atoms with Crippen molar-refractivity contribution in [1.82, 2.24) is 0 Å². The van der Waals surface area contributed by atoms with Gasteiger partial charge in [-0.2, -0.15) is 0 Å². The van der Waals surface area contributed by atoms with Crippen molar-refractivity contribution in [1.29, 1.82) is 0 Å². The number of nitrogens with zero attached hydrogens (tertiary/aromatic N) is 1. The van der Waals surface area contributed by atoms with Crippen LogP contribution in [0.1, 0.15) is 17.3 Å². The molecule has 0 bridgehead atoms. The first kappa shape index (κ1) is 11.0. The van der Waals surface area contributed by atoms with Gasteiger partial charge in [0.1, 0.15) is 4.83 Å². The Morgan fingerprint density at radius 2 is 2.14 bits per heavy atom. The Balaban J connectivity index is 2.78. The summed E-state index contributed by atoms with van der Waals surface area (Å²) < 4.78 is 5.29. The summed E-state index contributed by atoms with van der Waals surface area (Å²) in [5.41, 5.74) is 1.07. The first-order valence-electron chi connectivity index (χ1n) is 4.39. The molecule has 0 aromatic heterocycles. The van der Waals surface area contributed by atoms with Crippen LogP contribution in [0.2, 0.25) is 0 Å². The fourth-order valence-corrected chi connectivity index (χ4v) is 1.64. The Bertz CT molecular complexity index is 300. The zero-order valence-corrected chi connectivity index (χ0v) is 9.57. The second kappa shape index (κ2) is 5.65. The van der Waals surface area contributed by atoms with Gasteiger partial charge >= 0.3 is 0 Å². The number of hydrogen-bond donors (Lipinski definition) is 1. The molecule has 14 heavy (non-hydrogen) atoms. The van der Waals surface area contributed by atoms with Crippen molar-refractivity contribution in [3.05, 3.63) is 35.9 Å². The van der Waals surface area contributed by atoms with E-state index >= 15 is 0 Å². The molecule has 0 spiro atoms. The number of benzene rings is 1. The van der Waals surface area contributed by atoms with E-state index in [0.29, 0.717) is 12.5 Å². The lowest BCUT2D eigenvalue weighted by atomic mass is 10.1. The summed E-state index contributed by atoms with van der Waals surface area (Å²) in [6.45, 7) is 2.46. The minimum absolute atomic E-state index is 0.0753. The average Bonchev–Trinajstić information content (AvgIpc) is 2.26. The van der Waals surface area contributed by atoms with Gasteiger partial charge in [0.15, 0.2) is 0 Å². The van der Waals surface area contributed by atoms with Crippen molar-refractivity contribution in [2.24, 2.45) is 10.9 Å². The van der Waals surface area contributed by atoms with Crippen LogP contribution in [0.25, 0.3) is 0 Å². The van der Waals surface area contributed by atoms with Crippen LogP contribution in [0.4, 0.5) is 0 Å². The van der Waals surface area contributed by atoms with Gasteiger partial charge in [-0.05, 0) is 12.5 Å². The molecule has 0 aliphatic carbocycles. The summed E-state index contributed by atoms with van der Waals surface area (Å²) in [5, 5.41) is 3.60. The number of rotatable bonds is 3. The van der Waals surface area contributed by atoms with Gasteiger partial charge in [0.25, 0.3) is 0 Å². The highest BCUT2D eigenvalue weighted by molar-refractivity contribution is 9.09. The molecule has 0 heterocycles. The van der Waals surface area contributed by atoms with E-state index in [9.17, 15) is 0 Å². The van der Waals surface area contributed by atoms with Crippen LogP contribution < -0.4 is 5.84 Å². The van der Waals surface area contributed by atoms with Crippen molar-refractivity contribution in [2.45, 2.75) is 11.8 Å². The number of ether oxygens (including phenoxy) is 1. The predicted octanol–water partition coefficient (Wildman–Crippen LogP) is 2.43. The number of hydrazone groups is 1. The summed E-state index contributed by atoms with van der Waals surface area (Å²) in [5.74, 6) is 5.73. The zero-order valence-electron chi connectivity index (χ0n) is 7.98. The molecule has 3 nitrogen and oxygen atoms in total. The van der Waals surface area contributed by atoms with Crippen LogP contribution in [-0.4, -0.2) is 12.5 Å². The molecule has 0 saturated heterocycles. The molecule has 1 atom stereocenters. The van der Waals surface area contributed by atoms with Crippen LogP contribution in [-0.2, 0) is 4.74 Å². The monoisotopic (exact) mass is 256 g/mol. The van der Waals surface area contributed by atoms with Gasteiger partial charge < -0.3 is 10.6 Å². The molecule has 0 aliphatic heterocycles. The van der Waals surface area contributed by atoms with E-state index in [1.165, 1.54) is 0 Å². The Labute approximate surface area is 92.1 Å². The molecule has 0 fully saturated rings. The Kier molecular flexibility index (Phi) is 4.46. The second-order valence-electron chi connectivity index (χ2n) is 2.67. The van der Waals surface area contributed by atoms with Crippen molar-refractivity contribution >= 4 is 21.8 Å². The third-order valence-electron chi connectivity index (χ3n) is 1.73. The highest BCUT2D eigenvalue weighted by Gasteiger charge is 2.15. The van der Waals surface area contributed by atoms with Crippen molar-refractivity contribution in [3.63, 3.8) is 0 Å². The summed E-state index contributed by atoms with van der Waals surface area (Å²) in [7, 11) is 0. The van der Waals surface area contributed by atoms with E-state index < -0.39 is 0 Å². The Hall–Kier alpha value is -1.03. The molecule has 4 heteroatoms. The van der Waals surface area contributed by atoms with Gasteiger partial charge in [-0.15, -0.1) is 5.10 Å². The molecule has 1 aromatic rings. The quantitative estimate of drug-likeness (QED) is 0.297. The zero-order chi connectivity index (χ0) is 10.4. The van der Waals surface area contributed by atoms with E-state index in [-0.39, 0.29) is 4.83 Å².